The Morgan fingerprint density at radius 2 is 1.78 bits per heavy atom. The SMILES string of the molecule is O=C(O)C=Cc1ccc(C(F)(F)F)nc1CCc1ccccc1. The number of benzene rings is 1. The van der Waals surface area contributed by atoms with E-state index in [2.05, 4.69) is 4.98 Å². The Balaban J connectivity index is 2.30. The number of carboxylic acids is 1. The molecule has 0 aliphatic carbocycles. The average Bonchev–Trinajstić information content (AvgIpc) is 2.51. The van der Waals surface area contributed by atoms with Crippen molar-refractivity contribution in [2.75, 3.05) is 0 Å². The van der Waals surface area contributed by atoms with E-state index in [0.717, 1.165) is 17.7 Å². The monoisotopic (exact) mass is 321 g/mol. The summed E-state index contributed by atoms with van der Waals surface area (Å²) in [6.45, 7) is 0. The zero-order valence-corrected chi connectivity index (χ0v) is 12.0. The van der Waals surface area contributed by atoms with E-state index < -0.39 is 17.8 Å². The molecule has 120 valence electrons. The van der Waals surface area contributed by atoms with Gasteiger partial charge in [-0.25, -0.2) is 9.78 Å². The Hall–Kier alpha value is -2.63. The van der Waals surface area contributed by atoms with E-state index in [1.807, 2.05) is 30.3 Å². The number of hydrogen-bond acceptors (Lipinski definition) is 2. The summed E-state index contributed by atoms with van der Waals surface area (Å²) in [6.07, 6.45) is -1.58. The third-order valence-electron chi connectivity index (χ3n) is 3.20. The van der Waals surface area contributed by atoms with Gasteiger partial charge < -0.3 is 5.11 Å². The first-order valence-corrected chi connectivity index (χ1v) is 6.88. The minimum Gasteiger partial charge on any atom is -0.478 e. The lowest BCUT2D eigenvalue weighted by Gasteiger charge is -2.11. The minimum absolute atomic E-state index is 0.223. The molecule has 2 aromatic rings. The molecule has 0 aliphatic rings. The number of pyridine rings is 1. The van der Waals surface area contributed by atoms with Gasteiger partial charge >= 0.3 is 12.1 Å². The molecule has 1 aromatic heterocycles. The molecule has 1 N–H and O–H groups in total. The summed E-state index contributed by atoms with van der Waals surface area (Å²) in [5, 5.41) is 8.67. The average molecular weight is 321 g/mol. The van der Waals surface area contributed by atoms with Gasteiger partial charge in [-0.05, 0) is 36.1 Å². The number of nitrogens with zero attached hydrogens (tertiary/aromatic N) is 1. The van der Waals surface area contributed by atoms with Crippen LogP contribution in [0.4, 0.5) is 13.2 Å². The predicted octanol–water partition coefficient (Wildman–Crippen LogP) is 3.98. The first-order valence-electron chi connectivity index (χ1n) is 6.88. The standard InChI is InChI=1S/C17H14F3NO2/c18-17(19,20)15-10-7-13(8-11-16(22)23)14(21-15)9-6-12-4-2-1-3-5-12/h1-5,7-8,10-11H,6,9H2,(H,22,23). The van der Waals surface area contributed by atoms with Gasteiger partial charge in [-0.15, -0.1) is 0 Å². The maximum atomic E-state index is 12.8. The second-order valence-corrected chi connectivity index (χ2v) is 4.89. The summed E-state index contributed by atoms with van der Waals surface area (Å²) in [7, 11) is 0. The maximum Gasteiger partial charge on any atom is 0.433 e. The van der Waals surface area contributed by atoms with Gasteiger partial charge in [-0.3, -0.25) is 0 Å². The van der Waals surface area contributed by atoms with Crippen molar-refractivity contribution in [1.29, 1.82) is 0 Å². The highest BCUT2D eigenvalue weighted by atomic mass is 19.4. The van der Waals surface area contributed by atoms with Crippen molar-refractivity contribution in [3.63, 3.8) is 0 Å². The minimum atomic E-state index is -4.53. The molecule has 23 heavy (non-hydrogen) atoms. The molecule has 0 saturated carbocycles. The topological polar surface area (TPSA) is 50.2 Å². The highest BCUT2D eigenvalue weighted by Crippen LogP contribution is 2.28. The van der Waals surface area contributed by atoms with Crippen LogP contribution in [0.3, 0.4) is 0 Å². The number of alkyl halides is 3. The van der Waals surface area contributed by atoms with E-state index in [9.17, 15) is 18.0 Å². The van der Waals surface area contributed by atoms with Crippen LogP contribution in [-0.2, 0) is 23.8 Å². The fraction of sp³-hybridized carbons (Fsp3) is 0.176. The number of rotatable bonds is 5. The quantitative estimate of drug-likeness (QED) is 0.847. The molecule has 6 heteroatoms. The Labute approximate surface area is 131 Å². The lowest BCUT2D eigenvalue weighted by atomic mass is 10.0. The molecular formula is C17H14F3NO2. The van der Waals surface area contributed by atoms with Gasteiger partial charge in [-0.1, -0.05) is 36.4 Å². The van der Waals surface area contributed by atoms with E-state index in [1.54, 1.807) is 0 Å². The van der Waals surface area contributed by atoms with Gasteiger partial charge in [0.1, 0.15) is 5.69 Å². The zero-order valence-electron chi connectivity index (χ0n) is 12.0. The van der Waals surface area contributed by atoms with Gasteiger partial charge in [0.05, 0.1) is 0 Å². The number of aliphatic carboxylic acids is 1. The molecule has 0 amide bonds. The van der Waals surface area contributed by atoms with Crippen molar-refractivity contribution in [1.82, 2.24) is 4.98 Å². The zero-order chi connectivity index (χ0) is 16.9. The van der Waals surface area contributed by atoms with Crippen LogP contribution < -0.4 is 0 Å². The number of hydrogen-bond donors (Lipinski definition) is 1. The van der Waals surface area contributed by atoms with Crippen molar-refractivity contribution in [2.24, 2.45) is 0 Å². The Bertz CT molecular complexity index is 710. The first-order chi connectivity index (χ1) is 10.9. The van der Waals surface area contributed by atoms with E-state index in [1.165, 1.54) is 12.1 Å². The Morgan fingerprint density at radius 3 is 2.39 bits per heavy atom. The number of aromatic nitrogens is 1. The van der Waals surface area contributed by atoms with Gasteiger partial charge in [-0.2, -0.15) is 13.2 Å². The van der Waals surface area contributed by atoms with Crippen LogP contribution in [0.25, 0.3) is 6.08 Å². The molecule has 0 bridgehead atoms. The number of halogens is 3. The summed E-state index contributed by atoms with van der Waals surface area (Å²) >= 11 is 0. The van der Waals surface area contributed by atoms with Crippen molar-refractivity contribution in [2.45, 2.75) is 19.0 Å². The van der Waals surface area contributed by atoms with Gasteiger partial charge in [0.2, 0.25) is 0 Å². The first kappa shape index (κ1) is 16.7. The molecule has 1 heterocycles. The molecule has 2 rings (SSSR count). The van der Waals surface area contributed by atoms with Gasteiger partial charge in [0, 0.05) is 11.8 Å². The maximum absolute atomic E-state index is 12.8. The van der Waals surface area contributed by atoms with Crippen molar-refractivity contribution < 1.29 is 23.1 Å². The third kappa shape index (κ3) is 4.95. The largest absolute Gasteiger partial charge is 0.478 e. The molecule has 3 nitrogen and oxygen atoms in total. The van der Waals surface area contributed by atoms with Crippen molar-refractivity contribution >= 4 is 12.0 Å². The molecule has 0 fully saturated rings. The molecule has 1 aromatic carbocycles. The van der Waals surface area contributed by atoms with E-state index in [-0.39, 0.29) is 12.1 Å². The Kier molecular flexibility index (Phi) is 5.16. The number of aryl methyl sites for hydroxylation is 2. The van der Waals surface area contributed by atoms with Crippen LogP contribution in [0.2, 0.25) is 0 Å². The second-order valence-electron chi connectivity index (χ2n) is 4.89. The van der Waals surface area contributed by atoms with E-state index in [0.29, 0.717) is 12.0 Å². The molecular weight excluding hydrogens is 307 g/mol. The van der Waals surface area contributed by atoms with Crippen LogP contribution in [0.15, 0.2) is 48.5 Å². The van der Waals surface area contributed by atoms with Crippen LogP contribution in [0.5, 0.6) is 0 Å². The molecule has 0 radical (unpaired) electrons. The van der Waals surface area contributed by atoms with Gasteiger partial charge in [0.25, 0.3) is 0 Å². The normalized spacial score (nSPS) is 11.8. The summed E-state index contributed by atoms with van der Waals surface area (Å²) < 4.78 is 38.4. The van der Waals surface area contributed by atoms with Crippen LogP contribution >= 0.6 is 0 Å². The fourth-order valence-electron chi connectivity index (χ4n) is 2.09. The summed E-state index contributed by atoms with van der Waals surface area (Å²) in [6, 6.07) is 11.4. The predicted molar refractivity (Wildman–Crippen MR) is 79.8 cm³/mol. The van der Waals surface area contributed by atoms with E-state index in [4.69, 9.17) is 5.11 Å². The van der Waals surface area contributed by atoms with Crippen LogP contribution in [-0.4, -0.2) is 16.1 Å². The molecule has 0 saturated heterocycles. The summed E-state index contributed by atoms with van der Waals surface area (Å²) in [5.74, 6) is -1.17. The van der Waals surface area contributed by atoms with Crippen molar-refractivity contribution in [3.05, 3.63) is 71.1 Å². The van der Waals surface area contributed by atoms with Crippen molar-refractivity contribution in [3.8, 4) is 0 Å². The molecule has 0 atom stereocenters. The molecule has 0 spiro atoms. The van der Waals surface area contributed by atoms with Crippen LogP contribution in [0, 0.1) is 0 Å². The van der Waals surface area contributed by atoms with Gasteiger partial charge in [0.15, 0.2) is 0 Å². The number of carboxylic acid groups (broad SMARTS) is 1. The highest BCUT2D eigenvalue weighted by Gasteiger charge is 2.32. The highest BCUT2D eigenvalue weighted by molar-refractivity contribution is 5.85. The van der Waals surface area contributed by atoms with E-state index >= 15 is 0 Å². The second kappa shape index (κ2) is 7.09. The third-order valence-corrected chi connectivity index (χ3v) is 3.20. The lowest BCUT2D eigenvalue weighted by molar-refractivity contribution is -0.141. The smallest absolute Gasteiger partial charge is 0.433 e. The molecule has 0 aliphatic heterocycles. The number of carbonyl (C=O) groups is 1. The fourth-order valence-corrected chi connectivity index (χ4v) is 2.09. The Morgan fingerprint density at radius 1 is 1.09 bits per heavy atom. The molecule has 0 unspecified atom stereocenters. The van der Waals surface area contributed by atoms with Crippen LogP contribution in [0.1, 0.15) is 22.5 Å². The summed E-state index contributed by atoms with van der Waals surface area (Å²) in [5.41, 5.74) is 0.588. The lowest BCUT2D eigenvalue weighted by Crippen LogP contribution is -2.11. The summed E-state index contributed by atoms with van der Waals surface area (Å²) in [4.78, 5) is 14.3.